The predicted octanol–water partition coefficient (Wildman–Crippen LogP) is 2.33. The molecule has 0 bridgehead atoms. The van der Waals surface area contributed by atoms with Gasteiger partial charge in [0.1, 0.15) is 0 Å². The largest absolute Gasteiger partial charge is 0.295 e. The molecule has 1 aliphatic carbocycles. The van der Waals surface area contributed by atoms with E-state index in [0.29, 0.717) is 12.3 Å². The van der Waals surface area contributed by atoms with Crippen LogP contribution in [0.1, 0.15) is 33.1 Å². The maximum absolute atomic E-state index is 11.2. The Morgan fingerprint density at radius 2 is 2.42 bits per heavy atom. The summed E-state index contributed by atoms with van der Waals surface area (Å²) in [4.78, 5) is 11.2. The average Bonchev–Trinajstić information content (AvgIpc) is 2.35. The topological polar surface area (TPSA) is 17.1 Å². The van der Waals surface area contributed by atoms with Crippen LogP contribution in [0.5, 0.6) is 0 Å². The first kappa shape index (κ1) is 9.06. The molecule has 0 amide bonds. The maximum atomic E-state index is 11.2. The van der Waals surface area contributed by atoms with Crippen LogP contribution in [0.25, 0.3) is 0 Å². The molecule has 0 saturated heterocycles. The minimum atomic E-state index is 0.285. The molecular formula is C11H14O. The minimum absolute atomic E-state index is 0.285. The number of rotatable bonds is 0. The fourth-order valence-electron chi connectivity index (χ4n) is 1.38. The number of Topliss-reactive ketones (excluding diaryl/α,β-unsaturated/α-hetero) is 1. The standard InChI is InChI=1S/C11H14O/c1-3-4-5-6-10-9(2)7-8-11(10)12/h6,9H,3,7-8H2,1-2H3. The van der Waals surface area contributed by atoms with E-state index in [2.05, 4.69) is 18.8 Å². The average molecular weight is 162 g/mol. The van der Waals surface area contributed by atoms with E-state index >= 15 is 0 Å². The number of ketones is 1. The summed E-state index contributed by atoms with van der Waals surface area (Å²) in [5.41, 5.74) is 0.927. The van der Waals surface area contributed by atoms with Gasteiger partial charge in [-0.1, -0.05) is 25.7 Å². The van der Waals surface area contributed by atoms with Crippen molar-refractivity contribution in [3.8, 4) is 11.8 Å². The lowest BCUT2D eigenvalue weighted by atomic mass is 10.1. The summed E-state index contributed by atoms with van der Waals surface area (Å²) in [5, 5.41) is 0. The number of carbonyl (C=O) groups excluding carboxylic acids is 1. The Labute approximate surface area is 73.9 Å². The van der Waals surface area contributed by atoms with Crippen molar-refractivity contribution < 1.29 is 4.79 Å². The van der Waals surface area contributed by atoms with Gasteiger partial charge in [-0.25, -0.2) is 0 Å². The molecule has 1 unspecified atom stereocenters. The Balaban J connectivity index is 2.72. The zero-order valence-corrected chi connectivity index (χ0v) is 7.68. The van der Waals surface area contributed by atoms with Gasteiger partial charge in [0.15, 0.2) is 5.78 Å². The maximum Gasteiger partial charge on any atom is 0.159 e. The molecule has 12 heavy (non-hydrogen) atoms. The van der Waals surface area contributed by atoms with Gasteiger partial charge >= 0.3 is 0 Å². The lowest BCUT2D eigenvalue weighted by Crippen LogP contribution is -1.96. The molecule has 64 valence electrons. The van der Waals surface area contributed by atoms with Crippen molar-refractivity contribution in [3.05, 3.63) is 11.6 Å². The van der Waals surface area contributed by atoms with Gasteiger partial charge in [-0.2, -0.15) is 0 Å². The Morgan fingerprint density at radius 3 is 2.92 bits per heavy atom. The third-order valence-electron chi connectivity index (χ3n) is 2.16. The minimum Gasteiger partial charge on any atom is -0.295 e. The van der Waals surface area contributed by atoms with Crippen LogP contribution in [0.4, 0.5) is 0 Å². The van der Waals surface area contributed by atoms with Crippen LogP contribution in [0.2, 0.25) is 0 Å². The Morgan fingerprint density at radius 1 is 1.67 bits per heavy atom. The van der Waals surface area contributed by atoms with E-state index in [0.717, 1.165) is 18.4 Å². The molecule has 1 rings (SSSR count). The van der Waals surface area contributed by atoms with E-state index in [1.54, 1.807) is 6.08 Å². The van der Waals surface area contributed by atoms with Gasteiger partial charge in [-0.05, 0) is 18.4 Å². The molecule has 0 N–H and O–H groups in total. The van der Waals surface area contributed by atoms with Crippen LogP contribution in [0, 0.1) is 17.8 Å². The molecule has 1 heteroatoms. The first-order valence-corrected chi connectivity index (χ1v) is 4.47. The number of allylic oxidation sites excluding steroid dienone is 2. The van der Waals surface area contributed by atoms with Crippen molar-refractivity contribution in [2.24, 2.45) is 5.92 Å². The van der Waals surface area contributed by atoms with Crippen LogP contribution in [-0.4, -0.2) is 5.78 Å². The molecule has 0 spiro atoms. The Kier molecular flexibility index (Phi) is 3.10. The second kappa shape index (κ2) is 4.11. The second-order valence-electron chi connectivity index (χ2n) is 3.14. The molecule has 1 aliphatic rings. The molecule has 0 heterocycles. The van der Waals surface area contributed by atoms with Crippen molar-refractivity contribution in [3.63, 3.8) is 0 Å². The second-order valence-corrected chi connectivity index (χ2v) is 3.14. The van der Waals surface area contributed by atoms with E-state index in [4.69, 9.17) is 0 Å². The van der Waals surface area contributed by atoms with E-state index < -0.39 is 0 Å². The predicted molar refractivity (Wildman–Crippen MR) is 49.6 cm³/mol. The highest BCUT2D eigenvalue weighted by atomic mass is 16.1. The van der Waals surface area contributed by atoms with Crippen molar-refractivity contribution in [2.45, 2.75) is 33.1 Å². The Hall–Kier alpha value is -1.03. The molecule has 0 aliphatic heterocycles. The van der Waals surface area contributed by atoms with Gasteiger partial charge in [-0.3, -0.25) is 4.79 Å². The van der Waals surface area contributed by atoms with Crippen molar-refractivity contribution >= 4 is 5.78 Å². The van der Waals surface area contributed by atoms with Crippen molar-refractivity contribution in [1.29, 1.82) is 0 Å². The normalized spacial score (nSPS) is 25.7. The van der Waals surface area contributed by atoms with Crippen LogP contribution in [0.15, 0.2) is 11.6 Å². The number of hydrogen-bond acceptors (Lipinski definition) is 1. The van der Waals surface area contributed by atoms with Crippen LogP contribution in [0.3, 0.4) is 0 Å². The summed E-state index contributed by atoms with van der Waals surface area (Å²) >= 11 is 0. The molecule has 0 aromatic carbocycles. The van der Waals surface area contributed by atoms with Crippen LogP contribution in [-0.2, 0) is 4.79 Å². The van der Waals surface area contributed by atoms with E-state index in [1.807, 2.05) is 6.92 Å². The molecular weight excluding hydrogens is 148 g/mol. The van der Waals surface area contributed by atoms with Crippen molar-refractivity contribution in [2.75, 3.05) is 0 Å². The first-order chi connectivity index (χ1) is 5.75. The molecule has 1 fully saturated rings. The van der Waals surface area contributed by atoms with Gasteiger partial charge in [0.2, 0.25) is 0 Å². The molecule has 1 atom stereocenters. The quantitative estimate of drug-likeness (QED) is 0.394. The molecule has 0 aromatic heterocycles. The summed E-state index contributed by atoms with van der Waals surface area (Å²) < 4.78 is 0. The lowest BCUT2D eigenvalue weighted by molar-refractivity contribution is -0.114. The number of hydrogen-bond donors (Lipinski definition) is 0. The highest BCUT2D eigenvalue weighted by molar-refractivity contribution is 5.98. The molecule has 0 aromatic rings. The summed E-state index contributed by atoms with van der Waals surface area (Å²) in [6.07, 6.45) is 4.36. The highest BCUT2D eigenvalue weighted by Gasteiger charge is 2.23. The monoisotopic (exact) mass is 162 g/mol. The lowest BCUT2D eigenvalue weighted by Gasteiger charge is -1.98. The van der Waals surface area contributed by atoms with Gasteiger partial charge in [0.05, 0.1) is 0 Å². The molecule has 1 nitrogen and oxygen atoms in total. The van der Waals surface area contributed by atoms with Gasteiger partial charge in [0, 0.05) is 18.4 Å². The smallest absolute Gasteiger partial charge is 0.159 e. The van der Waals surface area contributed by atoms with Crippen LogP contribution >= 0.6 is 0 Å². The summed E-state index contributed by atoms with van der Waals surface area (Å²) in [6.45, 7) is 4.09. The van der Waals surface area contributed by atoms with Gasteiger partial charge in [0.25, 0.3) is 0 Å². The van der Waals surface area contributed by atoms with Gasteiger partial charge in [-0.15, -0.1) is 0 Å². The first-order valence-electron chi connectivity index (χ1n) is 4.47. The van der Waals surface area contributed by atoms with E-state index in [9.17, 15) is 4.79 Å². The fraction of sp³-hybridized carbons (Fsp3) is 0.545. The zero-order chi connectivity index (χ0) is 8.97. The third kappa shape index (κ3) is 1.98. The van der Waals surface area contributed by atoms with Gasteiger partial charge < -0.3 is 0 Å². The Bertz CT molecular complexity index is 262. The van der Waals surface area contributed by atoms with E-state index in [-0.39, 0.29) is 5.78 Å². The van der Waals surface area contributed by atoms with Crippen LogP contribution < -0.4 is 0 Å². The molecule has 1 saturated carbocycles. The van der Waals surface area contributed by atoms with Crippen molar-refractivity contribution in [1.82, 2.24) is 0 Å². The highest BCUT2D eigenvalue weighted by Crippen LogP contribution is 2.26. The SMILES string of the molecule is CCC#CC=C1C(=O)CCC1C. The third-order valence-corrected chi connectivity index (χ3v) is 2.16. The molecule has 0 radical (unpaired) electrons. The number of carbonyl (C=O) groups is 1. The zero-order valence-electron chi connectivity index (χ0n) is 7.68. The summed E-state index contributed by atoms with van der Waals surface area (Å²) in [6, 6.07) is 0. The van der Waals surface area contributed by atoms with E-state index in [1.165, 1.54) is 0 Å². The summed E-state index contributed by atoms with van der Waals surface area (Å²) in [7, 11) is 0. The fourth-order valence-corrected chi connectivity index (χ4v) is 1.38. The summed E-state index contributed by atoms with van der Waals surface area (Å²) in [5.74, 6) is 6.55.